The van der Waals surface area contributed by atoms with Crippen molar-refractivity contribution >= 4 is 22.8 Å². The Morgan fingerprint density at radius 2 is 1.88 bits per heavy atom. The highest BCUT2D eigenvalue weighted by atomic mass is 16.4. The molecule has 1 heterocycles. The van der Waals surface area contributed by atoms with Crippen molar-refractivity contribution in [1.29, 1.82) is 0 Å². The molecule has 0 bridgehead atoms. The molecule has 0 radical (unpaired) electrons. The van der Waals surface area contributed by atoms with Gasteiger partial charge >= 0.3 is 11.7 Å². The maximum Gasteiger partial charge on any atom is 0.328 e. The number of carbonyl (C=O) groups excluding carboxylic acids is 1. The van der Waals surface area contributed by atoms with Crippen molar-refractivity contribution in [1.82, 2.24) is 14.9 Å². The third-order valence-electron chi connectivity index (χ3n) is 3.61. The minimum absolute atomic E-state index is 0.219. The molecule has 0 aliphatic carbocycles. The number of carbonyl (C=O) groups is 2. The van der Waals surface area contributed by atoms with E-state index in [2.05, 4.69) is 10.3 Å². The quantitative estimate of drug-likeness (QED) is 0.606. The van der Waals surface area contributed by atoms with Gasteiger partial charge in [-0.1, -0.05) is 18.6 Å². The van der Waals surface area contributed by atoms with Crippen LogP contribution < -0.4 is 16.6 Å². The lowest BCUT2D eigenvalue weighted by molar-refractivity contribution is -0.137. The van der Waals surface area contributed by atoms with E-state index in [0.29, 0.717) is 30.2 Å². The van der Waals surface area contributed by atoms with E-state index in [-0.39, 0.29) is 31.0 Å². The highest BCUT2D eigenvalue weighted by molar-refractivity contribution is 5.81. The molecule has 0 unspecified atom stereocenters. The van der Waals surface area contributed by atoms with Gasteiger partial charge in [0.1, 0.15) is 6.54 Å². The van der Waals surface area contributed by atoms with Crippen LogP contribution in [0.3, 0.4) is 0 Å². The van der Waals surface area contributed by atoms with Crippen LogP contribution in [0.15, 0.2) is 33.9 Å². The van der Waals surface area contributed by atoms with Gasteiger partial charge in [-0.25, -0.2) is 4.79 Å². The van der Waals surface area contributed by atoms with Crippen molar-refractivity contribution in [3.05, 3.63) is 45.1 Å². The molecule has 0 saturated heterocycles. The highest BCUT2D eigenvalue weighted by Crippen LogP contribution is 2.04. The number of rotatable bonds is 8. The topological polar surface area (TPSA) is 121 Å². The largest absolute Gasteiger partial charge is 0.480 e. The molecule has 2 rings (SSSR count). The first-order valence-corrected chi connectivity index (χ1v) is 7.69. The summed E-state index contributed by atoms with van der Waals surface area (Å²) >= 11 is 0. The number of unbranched alkanes of at least 4 members (excludes halogenated alkanes) is 2. The lowest BCUT2D eigenvalue weighted by atomic mass is 10.2. The minimum Gasteiger partial charge on any atom is -0.480 e. The van der Waals surface area contributed by atoms with Crippen molar-refractivity contribution in [2.45, 2.75) is 32.2 Å². The second-order valence-corrected chi connectivity index (χ2v) is 5.41. The van der Waals surface area contributed by atoms with Crippen LogP contribution in [-0.2, 0) is 16.1 Å². The van der Waals surface area contributed by atoms with Crippen molar-refractivity contribution in [2.24, 2.45) is 0 Å². The van der Waals surface area contributed by atoms with E-state index in [1.807, 2.05) is 0 Å². The van der Waals surface area contributed by atoms with Crippen LogP contribution in [0, 0.1) is 0 Å². The molecule has 0 atom stereocenters. The monoisotopic (exact) mass is 333 g/mol. The number of aromatic amines is 1. The molecule has 2 aromatic rings. The summed E-state index contributed by atoms with van der Waals surface area (Å²) in [5.74, 6) is -1.41. The molecule has 8 nitrogen and oxygen atoms in total. The number of nitrogens with zero attached hydrogens (tertiary/aromatic N) is 1. The summed E-state index contributed by atoms with van der Waals surface area (Å²) in [6.07, 6.45) is 2.01. The molecule has 1 aromatic carbocycles. The number of aliphatic carboxylic acids is 1. The summed E-state index contributed by atoms with van der Waals surface area (Å²) in [6.45, 7) is -0.115. The molecule has 0 aliphatic rings. The fraction of sp³-hybridized carbons (Fsp3) is 0.375. The van der Waals surface area contributed by atoms with E-state index in [0.717, 1.165) is 4.57 Å². The number of H-pyrrole nitrogens is 1. The van der Waals surface area contributed by atoms with Gasteiger partial charge in [0.25, 0.3) is 5.56 Å². The Kier molecular flexibility index (Phi) is 5.89. The molecule has 1 amide bonds. The number of hydrogen-bond acceptors (Lipinski definition) is 4. The van der Waals surface area contributed by atoms with E-state index < -0.39 is 11.7 Å². The van der Waals surface area contributed by atoms with Gasteiger partial charge in [0, 0.05) is 13.0 Å². The predicted molar refractivity (Wildman–Crippen MR) is 87.9 cm³/mol. The predicted octanol–water partition coefficient (Wildman–Crippen LogP) is 0.451. The molecule has 3 N–H and O–H groups in total. The minimum atomic E-state index is -1.08. The number of hydrogen-bond donors (Lipinski definition) is 3. The first kappa shape index (κ1) is 17.5. The zero-order valence-electron chi connectivity index (χ0n) is 13.1. The molecule has 0 fully saturated rings. The summed E-state index contributed by atoms with van der Waals surface area (Å²) in [7, 11) is 0. The van der Waals surface area contributed by atoms with Crippen LogP contribution >= 0.6 is 0 Å². The van der Waals surface area contributed by atoms with Crippen LogP contribution in [0.1, 0.15) is 25.7 Å². The fourth-order valence-electron chi connectivity index (χ4n) is 2.40. The molecule has 1 aromatic heterocycles. The van der Waals surface area contributed by atoms with Gasteiger partial charge in [0.15, 0.2) is 0 Å². The molecular formula is C16H19N3O5. The summed E-state index contributed by atoms with van der Waals surface area (Å²) in [5, 5.41) is 11.2. The Morgan fingerprint density at radius 3 is 2.62 bits per heavy atom. The number of carboxylic acid groups (broad SMARTS) is 1. The van der Waals surface area contributed by atoms with Gasteiger partial charge in [-0.05, 0) is 25.0 Å². The van der Waals surface area contributed by atoms with Crippen molar-refractivity contribution in [2.75, 3.05) is 6.54 Å². The number of fused-ring (bicyclic) bond motifs is 1. The van der Waals surface area contributed by atoms with Gasteiger partial charge in [-0.2, -0.15) is 0 Å². The first-order chi connectivity index (χ1) is 11.5. The van der Waals surface area contributed by atoms with Crippen LogP contribution in [0.4, 0.5) is 0 Å². The smallest absolute Gasteiger partial charge is 0.328 e. The van der Waals surface area contributed by atoms with E-state index in [9.17, 15) is 19.2 Å². The van der Waals surface area contributed by atoms with Gasteiger partial charge in [-0.3, -0.25) is 19.0 Å². The van der Waals surface area contributed by atoms with Crippen LogP contribution in [0.25, 0.3) is 10.9 Å². The van der Waals surface area contributed by atoms with Gasteiger partial charge in [0.2, 0.25) is 5.91 Å². The number of amides is 1. The van der Waals surface area contributed by atoms with Gasteiger partial charge in [-0.15, -0.1) is 0 Å². The van der Waals surface area contributed by atoms with Gasteiger partial charge in [0.05, 0.1) is 10.9 Å². The van der Waals surface area contributed by atoms with Crippen molar-refractivity contribution in [3.8, 4) is 0 Å². The number of aromatic nitrogens is 2. The molecule has 0 saturated carbocycles. The van der Waals surface area contributed by atoms with E-state index in [1.54, 1.807) is 24.3 Å². The van der Waals surface area contributed by atoms with E-state index >= 15 is 0 Å². The Bertz CT molecular complexity index is 853. The molecule has 128 valence electrons. The maximum absolute atomic E-state index is 12.3. The summed E-state index contributed by atoms with van der Waals surface area (Å²) in [6, 6.07) is 6.83. The fourth-order valence-corrected chi connectivity index (χ4v) is 2.40. The number of nitrogens with one attached hydrogen (secondary N) is 2. The van der Waals surface area contributed by atoms with Crippen LogP contribution in [0.2, 0.25) is 0 Å². The van der Waals surface area contributed by atoms with Crippen LogP contribution in [-0.4, -0.2) is 33.1 Å². The Labute approximate surface area is 137 Å². The molecule has 8 heteroatoms. The lowest BCUT2D eigenvalue weighted by Crippen LogP contribution is -2.35. The lowest BCUT2D eigenvalue weighted by Gasteiger charge is -2.06. The molecule has 0 spiro atoms. The second-order valence-electron chi connectivity index (χ2n) is 5.41. The second kappa shape index (κ2) is 8.09. The Balaban J connectivity index is 1.86. The van der Waals surface area contributed by atoms with Crippen molar-refractivity contribution in [3.63, 3.8) is 0 Å². The molecule has 0 aliphatic heterocycles. The standard InChI is InChI=1S/C16H19N3O5/c20-13(17-10-14(21)22)8-2-1-5-9-19-15(23)11-6-3-4-7-12(11)18-16(19)24/h3-4,6-7H,1-2,5,8-10H2,(H,17,20)(H,18,24)(H,21,22). The maximum atomic E-state index is 12.3. The average molecular weight is 333 g/mol. The summed E-state index contributed by atoms with van der Waals surface area (Å²) in [5.41, 5.74) is -0.259. The van der Waals surface area contributed by atoms with Gasteiger partial charge < -0.3 is 15.4 Å². The van der Waals surface area contributed by atoms with E-state index in [1.165, 1.54) is 0 Å². The molecule has 24 heavy (non-hydrogen) atoms. The third-order valence-corrected chi connectivity index (χ3v) is 3.61. The average Bonchev–Trinajstić information content (AvgIpc) is 2.55. The number of para-hydroxylation sites is 1. The zero-order valence-corrected chi connectivity index (χ0v) is 13.1. The zero-order chi connectivity index (χ0) is 17.5. The van der Waals surface area contributed by atoms with Crippen LogP contribution in [0.5, 0.6) is 0 Å². The SMILES string of the molecule is O=C(O)CNC(=O)CCCCCn1c(=O)[nH]c2ccccc2c1=O. The normalized spacial score (nSPS) is 10.7. The Morgan fingerprint density at radius 1 is 1.12 bits per heavy atom. The summed E-state index contributed by atoms with van der Waals surface area (Å²) < 4.78 is 1.16. The van der Waals surface area contributed by atoms with E-state index in [4.69, 9.17) is 5.11 Å². The summed E-state index contributed by atoms with van der Waals surface area (Å²) in [4.78, 5) is 48.6. The third kappa shape index (κ3) is 4.55. The highest BCUT2D eigenvalue weighted by Gasteiger charge is 2.07. The number of carboxylic acids is 1. The van der Waals surface area contributed by atoms with Crippen molar-refractivity contribution < 1.29 is 14.7 Å². The Hall–Kier alpha value is -2.90. The molecular weight excluding hydrogens is 314 g/mol. The first-order valence-electron chi connectivity index (χ1n) is 7.69. The number of benzene rings is 1.